The SMILES string of the molecule is [2H]C([2H])([2H])n1c(CNc2ccc(C(=N)N)cc2)nc2cc(C(=O)N(CCC(=O)O)c3ccccn3)ccc21. The molecule has 178 valence electrons. The molecule has 2 aromatic heterocycles. The van der Waals surface area contributed by atoms with Crippen LogP contribution >= 0.6 is 0 Å². The predicted octanol–water partition coefficient (Wildman–Crippen LogP) is 2.99. The third-order valence-electron chi connectivity index (χ3n) is 5.34. The van der Waals surface area contributed by atoms with Crippen LogP contribution in [0.1, 0.15) is 32.3 Å². The molecule has 10 heteroatoms. The van der Waals surface area contributed by atoms with Crippen molar-refractivity contribution < 1.29 is 18.8 Å². The number of nitrogens with two attached hydrogens (primary N) is 1. The minimum absolute atomic E-state index is 0.0596. The van der Waals surface area contributed by atoms with Crippen molar-refractivity contribution in [3.8, 4) is 0 Å². The lowest BCUT2D eigenvalue weighted by molar-refractivity contribution is -0.136. The number of rotatable bonds is 9. The van der Waals surface area contributed by atoms with Gasteiger partial charge in [0.2, 0.25) is 0 Å². The first-order chi connectivity index (χ1) is 18.0. The largest absolute Gasteiger partial charge is 0.481 e. The summed E-state index contributed by atoms with van der Waals surface area (Å²) in [6.45, 7) is -2.55. The lowest BCUT2D eigenvalue weighted by atomic mass is 10.1. The number of carbonyl (C=O) groups excluding carboxylic acids is 1. The van der Waals surface area contributed by atoms with E-state index in [1.54, 1.807) is 42.5 Å². The van der Waals surface area contributed by atoms with Gasteiger partial charge >= 0.3 is 5.97 Å². The lowest BCUT2D eigenvalue weighted by Gasteiger charge is -2.21. The first kappa shape index (κ1) is 19.7. The number of benzene rings is 2. The number of carbonyl (C=O) groups is 2. The molecular formula is C25H25N7O3. The molecular weight excluding hydrogens is 446 g/mol. The Kier molecular flexibility index (Phi) is 5.65. The molecule has 35 heavy (non-hydrogen) atoms. The number of fused-ring (bicyclic) bond motifs is 1. The second-order valence-corrected chi connectivity index (χ2v) is 7.70. The highest BCUT2D eigenvalue weighted by Crippen LogP contribution is 2.21. The fourth-order valence-corrected chi connectivity index (χ4v) is 3.53. The van der Waals surface area contributed by atoms with E-state index in [1.807, 2.05) is 0 Å². The van der Waals surface area contributed by atoms with Gasteiger partial charge in [-0.25, -0.2) is 9.97 Å². The first-order valence-corrected chi connectivity index (χ1v) is 10.7. The number of nitrogens with one attached hydrogen (secondary N) is 2. The third-order valence-corrected chi connectivity index (χ3v) is 5.34. The Hall–Kier alpha value is -4.73. The van der Waals surface area contributed by atoms with Crippen LogP contribution < -0.4 is 16.0 Å². The number of carboxylic acid groups (broad SMARTS) is 1. The van der Waals surface area contributed by atoms with Gasteiger partial charge in [0, 0.05) is 40.6 Å². The van der Waals surface area contributed by atoms with Crippen LogP contribution in [0.2, 0.25) is 0 Å². The minimum atomic E-state index is -2.53. The molecule has 0 spiro atoms. The number of hydrogen-bond donors (Lipinski definition) is 4. The van der Waals surface area contributed by atoms with Gasteiger partial charge in [0.25, 0.3) is 5.91 Å². The van der Waals surface area contributed by atoms with Crippen molar-refractivity contribution >= 4 is 40.3 Å². The van der Waals surface area contributed by atoms with Gasteiger partial charge in [0.15, 0.2) is 0 Å². The highest BCUT2D eigenvalue weighted by Gasteiger charge is 2.21. The molecule has 4 rings (SSSR count). The number of anilines is 2. The maximum atomic E-state index is 13.4. The van der Waals surface area contributed by atoms with Crippen LogP contribution in [-0.4, -0.2) is 43.9 Å². The summed E-state index contributed by atoms with van der Waals surface area (Å²) in [5, 5.41) is 19.8. The van der Waals surface area contributed by atoms with Gasteiger partial charge < -0.3 is 20.7 Å². The number of aromatic nitrogens is 3. The maximum Gasteiger partial charge on any atom is 0.305 e. The summed E-state index contributed by atoms with van der Waals surface area (Å²) < 4.78 is 25.2. The van der Waals surface area contributed by atoms with E-state index in [4.69, 9.17) is 20.4 Å². The number of amides is 1. The van der Waals surface area contributed by atoms with Crippen molar-refractivity contribution in [2.45, 2.75) is 13.0 Å². The number of nitrogen functional groups attached to an aromatic ring is 1. The average Bonchev–Trinajstić information content (AvgIpc) is 3.26. The van der Waals surface area contributed by atoms with E-state index in [1.165, 1.54) is 29.3 Å². The fraction of sp³-hybridized carbons (Fsp3) is 0.160. The van der Waals surface area contributed by atoms with E-state index in [0.29, 0.717) is 28.1 Å². The monoisotopic (exact) mass is 474 g/mol. The summed E-state index contributed by atoms with van der Waals surface area (Å²) in [7, 11) is 0. The molecule has 0 aliphatic heterocycles. The van der Waals surface area contributed by atoms with Crippen molar-refractivity contribution in [3.05, 3.63) is 83.8 Å². The third kappa shape index (κ3) is 5.27. The molecule has 1 amide bonds. The molecule has 0 atom stereocenters. The second kappa shape index (κ2) is 10.0. The molecule has 0 fully saturated rings. The molecule has 0 bridgehead atoms. The number of carboxylic acids is 1. The Balaban J connectivity index is 1.66. The molecule has 0 radical (unpaired) electrons. The summed E-state index contributed by atoms with van der Waals surface area (Å²) in [6, 6.07) is 16.3. The molecule has 10 nitrogen and oxygen atoms in total. The molecule has 2 aromatic carbocycles. The summed E-state index contributed by atoms with van der Waals surface area (Å²) in [6.07, 6.45) is 1.23. The predicted molar refractivity (Wildman–Crippen MR) is 134 cm³/mol. The van der Waals surface area contributed by atoms with E-state index in [0.717, 1.165) is 4.57 Å². The van der Waals surface area contributed by atoms with Gasteiger partial charge in [-0.15, -0.1) is 0 Å². The zero-order chi connectivity index (χ0) is 27.4. The maximum absolute atomic E-state index is 13.4. The standard InChI is InChI=1S/C25H25N7O3/c1-31-20-10-7-17(25(35)32(13-11-23(33)34)21-4-2-3-12-28-21)14-19(20)30-22(31)15-29-18-8-5-16(6-9-18)24(26)27/h2-10,12,14,29H,11,13,15H2,1H3,(H3,26,27)(H,33,34)/i1D3. The van der Waals surface area contributed by atoms with Gasteiger partial charge in [-0.05, 0) is 54.6 Å². The molecule has 2 heterocycles. The number of hydrogen-bond acceptors (Lipinski definition) is 6. The van der Waals surface area contributed by atoms with Crippen LogP contribution in [-0.2, 0) is 18.3 Å². The summed E-state index contributed by atoms with van der Waals surface area (Å²) in [4.78, 5) is 34.5. The molecule has 5 N–H and O–H groups in total. The molecule has 0 aliphatic rings. The van der Waals surface area contributed by atoms with Gasteiger partial charge in [-0.2, -0.15) is 0 Å². The van der Waals surface area contributed by atoms with E-state index in [-0.39, 0.29) is 36.7 Å². The van der Waals surface area contributed by atoms with Crippen molar-refractivity contribution in [3.63, 3.8) is 0 Å². The Morgan fingerprint density at radius 3 is 2.60 bits per heavy atom. The average molecular weight is 475 g/mol. The second-order valence-electron chi connectivity index (χ2n) is 7.70. The van der Waals surface area contributed by atoms with Gasteiger partial charge in [0.1, 0.15) is 17.5 Å². The van der Waals surface area contributed by atoms with E-state index >= 15 is 0 Å². The highest BCUT2D eigenvalue weighted by molar-refractivity contribution is 6.07. The number of amidine groups is 1. The van der Waals surface area contributed by atoms with Gasteiger partial charge in [-0.1, -0.05) is 6.07 Å². The Bertz CT molecular complexity index is 1490. The minimum Gasteiger partial charge on any atom is -0.481 e. The van der Waals surface area contributed by atoms with E-state index in [9.17, 15) is 9.59 Å². The molecule has 0 saturated heterocycles. The molecule has 4 aromatic rings. The Morgan fingerprint density at radius 2 is 1.94 bits per heavy atom. The quantitative estimate of drug-likeness (QED) is 0.215. The summed E-state index contributed by atoms with van der Waals surface area (Å²) >= 11 is 0. The van der Waals surface area contributed by atoms with Crippen molar-refractivity contribution in [1.82, 2.24) is 14.5 Å². The van der Waals surface area contributed by atoms with Gasteiger partial charge in [0.05, 0.1) is 24.0 Å². The van der Waals surface area contributed by atoms with E-state index in [2.05, 4.69) is 15.3 Å². The van der Waals surface area contributed by atoms with Crippen LogP contribution in [0, 0.1) is 5.41 Å². The Morgan fingerprint density at radius 1 is 1.17 bits per heavy atom. The zero-order valence-electron chi connectivity index (χ0n) is 21.6. The van der Waals surface area contributed by atoms with Crippen LogP contribution in [0.4, 0.5) is 11.5 Å². The smallest absolute Gasteiger partial charge is 0.305 e. The zero-order valence-corrected chi connectivity index (χ0v) is 18.6. The van der Waals surface area contributed by atoms with Crippen LogP contribution in [0.3, 0.4) is 0 Å². The van der Waals surface area contributed by atoms with Crippen molar-refractivity contribution in [2.75, 3.05) is 16.8 Å². The summed E-state index contributed by atoms with van der Waals surface area (Å²) in [5.41, 5.74) is 7.56. The highest BCUT2D eigenvalue weighted by atomic mass is 16.4. The number of nitrogens with zero attached hydrogens (tertiary/aromatic N) is 4. The number of imidazole rings is 1. The molecule has 0 saturated carbocycles. The van der Waals surface area contributed by atoms with Crippen molar-refractivity contribution in [2.24, 2.45) is 12.7 Å². The topological polar surface area (TPSA) is 150 Å². The Labute approximate surface area is 205 Å². The summed E-state index contributed by atoms with van der Waals surface area (Å²) in [5.74, 6) is -1.07. The van der Waals surface area contributed by atoms with Crippen molar-refractivity contribution in [1.29, 1.82) is 5.41 Å². The number of aliphatic carboxylic acids is 1. The fourth-order valence-electron chi connectivity index (χ4n) is 3.53. The first-order valence-electron chi connectivity index (χ1n) is 12.2. The molecule has 0 aliphatic carbocycles. The van der Waals surface area contributed by atoms with Gasteiger partial charge in [-0.3, -0.25) is 19.9 Å². The van der Waals surface area contributed by atoms with Crippen LogP contribution in [0.25, 0.3) is 11.0 Å². The van der Waals surface area contributed by atoms with E-state index < -0.39 is 18.9 Å². The molecule has 0 unspecified atom stereocenters. The lowest BCUT2D eigenvalue weighted by Crippen LogP contribution is -2.33. The number of aryl methyl sites for hydroxylation is 1. The van der Waals surface area contributed by atoms with Crippen LogP contribution in [0.5, 0.6) is 0 Å². The normalized spacial score (nSPS) is 12.4. The number of pyridine rings is 1. The van der Waals surface area contributed by atoms with Crippen LogP contribution in [0.15, 0.2) is 66.9 Å².